The molecule has 3 rings (SSSR count). The van der Waals surface area contributed by atoms with E-state index in [4.69, 9.17) is 0 Å². The maximum absolute atomic E-state index is 13.1. The molecule has 0 spiro atoms. The van der Waals surface area contributed by atoms with Gasteiger partial charge in [-0.25, -0.2) is 0 Å². The van der Waals surface area contributed by atoms with Gasteiger partial charge in [0, 0.05) is 37.7 Å². The molecule has 0 bridgehead atoms. The van der Waals surface area contributed by atoms with Gasteiger partial charge in [-0.15, -0.1) is 0 Å². The van der Waals surface area contributed by atoms with Gasteiger partial charge < -0.3 is 10.2 Å². The fourth-order valence-corrected chi connectivity index (χ4v) is 3.21. The topological polar surface area (TPSA) is 62.3 Å². The van der Waals surface area contributed by atoms with Crippen LogP contribution in [0.4, 0.5) is 11.4 Å². The number of nitrogens with one attached hydrogen (secondary N) is 1. The van der Waals surface area contributed by atoms with Gasteiger partial charge in [-0.2, -0.15) is 0 Å². The second-order valence-corrected chi connectivity index (χ2v) is 6.27. The van der Waals surface area contributed by atoms with Gasteiger partial charge in [0.2, 0.25) is 11.8 Å². The lowest BCUT2D eigenvalue weighted by molar-refractivity contribution is -0.126. The van der Waals surface area contributed by atoms with Gasteiger partial charge in [-0.05, 0) is 48.7 Å². The lowest BCUT2D eigenvalue weighted by Gasteiger charge is -2.42. The third kappa shape index (κ3) is 2.89. The van der Waals surface area contributed by atoms with Gasteiger partial charge >= 0.3 is 0 Å². The minimum absolute atomic E-state index is 0.0917. The van der Waals surface area contributed by atoms with Crippen LogP contribution in [0.3, 0.4) is 0 Å². The third-order valence-electron chi connectivity index (χ3n) is 4.71. The van der Waals surface area contributed by atoms with Crippen molar-refractivity contribution in [2.45, 2.75) is 31.6 Å². The van der Waals surface area contributed by atoms with Crippen molar-refractivity contribution in [3.63, 3.8) is 0 Å². The summed E-state index contributed by atoms with van der Waals surface area (Å²) in [5.74, 6) is -0.0220. The first-order valence-electron chi connectivity index (χ1n) is 8.09. The zero-order valence-corrected chi connectivity index (χ0v) is 14.0. The van der Waals surface area contributed by atoms with Crippen molar-refractivity contribution in [2.24, 2.45) is 0 Å². The Morgan fingerprint density at radius 1 is 1.17 bits per heavy atom. The fraction of sp³-hybridized carbons (Fsp3) is 0.316. The second kappa shape index (κ2) is 6.43. The van der Waals surface area contributed by atoms with Crippen LogP contribution in [0.5, 0.6) is 0 Å². The Hall–Kier alpha value is -2.69. The fourth-order valence-electron chi connectivity index (χ4n) is 3.21. The van der Waals surface area contributed by atoms with Crippen molar-refractivity contribution >= 4 is 23.2 Å². The van der Waals surface area contributed by atoms with Gasteiger partial charge in [0.05, 0.1) is 5.41 Å². The van der Waals surface area contributed by atoms with Crippen LogP contribution in [-0.4, -0.2) is 23.8 Å². The lowest BCUT2D eigenvalue weighted by atomic mass is 9.64. The second-order valence-electron chi connectivity index (χ2n) is 6.27. The zero-order chi connectivity index (χ0) is 17.2. The average molecular weight is 323 g/mol. The number of pyridine rings is 1. The maximum atomic E-state index is 13.1. The normalized spacial score (nSPS) is 15.2. The van der Waals surface area contributed by atoms with E-state index in [9.17, 15) is 9.59 Å². The summed E-state index contributed by atoms with van der Waals surface area (Å²) in [7, 11) is 1.80. The van der Waals surface area contributed by atoms with E-state index in [0.29, 0.717) is 0 Å². The highest BCUT2D eigenvalue weighted by molar-refractivity contribution is 6.01. The Labute approximate surface area is 141 Å². The highest BCUT2D eigenvalue weighted by Crippen LogP contribution is 2.45. The van der Waals surface area contributed by atoms with E-state index in [1.165, 1.54) is 6.92 Å². The largest absolute Gasteiger partial charge is 0.326 e. The van der Waals surface area contributed by atoms with Crippen LogP contribution in [0.25, 0.3) is 0 Å². The summed E-state index contributed by atoms with van der Waals surface area (Å²) in [5, 5.41) is 2.73. The number of nitrogens with zero attached hydrogens (tertiary/aromatic N) is 2. The number of hydrogen-bond acceptors (Lipinski definition) is 3. The Morgan fingerprint density at radius 3 is 2.38 bits per heavy atom. The molecule has 0 saturated heterocycles. The summed E-state index contributed by atoms with van der Waals surface area (Å²) < 4.78 is 0. The molecule has 1 heterocycles. The molecule has 0 aliphatic heterocycles. The Bertz CT molecular complexity index is 737. The number of amides is 2. The number of hydrogen-bond donors (Lipinski definition) is 1. The first kappa shape index (κ1) is 16.2. The minimum Gasteiger partial charge on any atom is -0.326 e. The monoisotopic (exact) mass is 323 g/mol. The standard InChI is InChI=1S/C19H21N3O2/c1-14(23)21-16-6-8-17(9-7-16)22(2)18(24)19(10-4-11-19)15-5-3-12-20-13-15/h3,5-9,12-13H,4,10-11H2,1-2H3,(H,21,23). The molecule has 24 heavy (non-hydrogen) atoms. The van der Waals surface area contributed by atoms with E-state index in [0.717, 1.165) is 36.2 Å². The SMILES string of the molecule is CC(=O)Nc1ccc(N(C)C(=O)C2(c3cccnc3)CCC2)cc1. The number of rotatable bonds is 4. The predicted octanol–water partition coefficient (Wildman–Crippen LogP) is 3.12. The van der Waals surface area contributed by atoms with E-state index >= 15 is 0 Å². The summed E-state index contributed by atoms with van der Waals surface area (Å²) in [6, 6.07) is 11.2. The summed E-state index contributed by atoms with van der Waals surface area (Å²) in [4.78, 5) is 30.1. The molecule has 2 aromatic rings. The quantitative estimate of drug-likeness (QED) is 0.940. The molecule has 0 unspecified atom stereocenters. The zero-order valence-electron chi connectivity index (χ0n) is 14.0. The van der Waals surface area contributed by atoms with Crippen LogP contribution in [0.15, 0.2) is 48.8 Å². The average Bonchev–Trinajstić information content (AvgIpc) is 2.54. The van der Waals surface area contributed by atoms with Crippen LogP contribution >= 0.6 is 0 Å². The third-order valence-corrected chi connectivity index (χ3v) is 4.71. The summed E-state index contributed by atoms with van der Waals surface area (Å²) in [6.45, 7) is 1.47. The van der Waals surface area contributed by atoms with Crippen molar-refractivity contribution in [1.82, 2.24) is 4.98 Å². The van der Waals surface area contributed by atoms with Crippen molar-refractivity contribution < 1.29 is 9.59 Å². The van der Waals surface area contributed by atoms with Crippen LogP contribution in [0, 0.1) is 0 Å². The summed E-state index contributed by atoms with van der Waals surface area (Å²) >= 11 is 0. The molecule has 124 valence electrons. The van der Waals surface area contributed by atoms with Crippen molar-refractivity contribution in [2.75, 3.05) is 17.3 Å². The van der Waals surface area contributed by atoms with Gasteiger partial charge in [0.15, 0.2) is 0 Å². The molecule has 1 fully saturated rings. The summed E-state index contributed by atoms with van der Waals surface area (Å²) in [5.41, 5.74) is 2.06. The molecule has 1 aromatic carbocycles. The van der Waals surface area contributed by atoms with Crippen LogP contribution in [0.2, 0.25) is 0 Å². The van der Waals surface area contributed by atoms with Crippen molar-refractivity contribution in [3.8, 4) is 0 Å². The maximum Gasteiger partial charge on any atom is 0.237 e. The van der Waals surface area contributed by atoms with E-state index in [1.54, 1.807) is 36.5 Å². The number of anilines is 2. The van der Waals surface area contributed by atoms with Crippen LogP contribution in [0.1, 0.15) is 31.7 Å². The van der Waals surface area contributed by atoms with Crippen LogP contribution < -0.4 is 10.2 Å². The van der Waals surface area contributed by atoms with Crippen LogP contribution in [-0.2, 0) is 15.0 Å². The molecule has 1 saturated carbocycles. The Morgan fingerprint density at radius 2 is 1.88 bits per heavy atom. The highest BCUT2D eigenvalue weighted by Gasteiger charge is 2.47. The van der Waals surface area contributed by atoms with E-state index in [2.05, 4.69) is 10.3 Å². The van der Waals surface area contributed by atoms with Gasteiger partial charge in [-0.3, -0.25) is 14.6 Å². The minimum atomic E-state index is -0.459. The van der Waals surface area contributed by atoms with Crippen molar-refractivity contribution in [1.29, 1.82) is 0 Å². The van der Waals surface area contributed by atoms with E-state index < -0.39 is 5.41 Å². The molecule has 1 aromatic heterocycles. The molecular weight excluding hydrogens is 302 g/mol. The van der Waals surface area contributed by atoms with Gasteiger partial charge in [0.25, 0.3) is 0 Å². The van der Waals surface area contributed by atoms with E-state index in [1.807, 2.05) is 24.3 Å². The molecule has 0 radical (unpaired) electrons. The summed E-state index contributed by atoms with van der Waals surface area (Å²) in [6.07, 6.45) is 6.28. The first-order chi connectivity index (χ1) is 11.5. The molecule has 2 amide bonds. The highest BCUT2D eigenvalue weighted by atomic mass is 16.2. The molecule has 1 aliphatic rings. The molecule has 5 heteroatoms. The molecule has 1 aliphatic carbocycles. The Kier molecular flexibility index (Phi) is 4.34. The number of aromatic nitrogens is 1. The lowest BCUT2D eigenvalue weighted by Crippen LogP contribution is -2.50. The molecular formula is C19H21N3O2. The first-order valence-corrected chi connectivity index (χ1v) is 8.09. The molecule has 1 N–H and O–H groups in total. The number of benzene rings is 1. The van der Waals surface area contributed by atoms with E-state index in [-0.39, 0.29) is 11.8 Å². The Balaban J connectivity index is 1.82. The predicted molar refractivity (Wildman–Crippen MR) is 93.9 cm³/mol. The van der Waals surface area contributed by atoms with Gasteiger partial charge in [0.1, 0.15) is 0 Å². The van der Waals surface area contributed by atoms with Gasteiger partial charge in [-0.1, -0.05) is 12.5 Å². The number of carbonyl (C=O) groups excluding carboxylic acids is 2. The number of likely N-dealkylation sites (N-methyl/N-ethyl adjacent to an activating group) is 1. The smallest absolute Gasteiger partial charge is 0.237 e. The van der Waals surface area contributed by atoms with Crippen molar-refractivity contribution in [3.05, 3.63) is 54.4 Å². The number of carbonyl (C=O) groups is 2. The molecule has 5 nitrogen and oxygen atoms in total. The molecule has 0 atom stereocenters.